The molecule has 0 radical (unpaired) electrons. The lowest BCUT2D eigenvalue weighted by Gasteiger charge is -2.45. The molecule has 0 saturated carbocycles. The van der Waals surface area contributed by atoms with E-state index in [9.17, 15) is 20.1 Å². The van der Waals surface area contributed by atoms with Gasteiger partial charge in [0.15, 0.2) is 6.23 Å². The standard InChI is InChI=1S/C31H63N3O5/c1-3-5-7-9-11-13-15-17-19-21-23-33-31(38)34(24-22-20-18-16-14-12-10-8-6-4-2)30-27(32)29(37)28(36)26(25-35)39-30/h26-30,35-37H,3-25,32H2,1-2H3,(H,33,38)/t26-,27+,28+,29-,30-/m1/s1. The summed E-state index contributed by atoms with van der Waals surface area (Å²) in [5, 5.41) is 33.3. The van der Waals surface area contributed by atoms with Crippen LogP contribution in [0.1, 0.15) is 142 Å². The second-order valence-electron chi connectivity index (χ2n) is 11.6. The van der Waals surface area contributed by atoms with Crippen molar-refractivity contribution in [1.29, 1.82) is 0 Å². The first-order chi connectivity index (χ1) is 19.0. The highest BCUT2D eigenvalue weighted by atomic mass is 16.5. The second kappa shape index (κ2) is 23.7. The molecule has 1 aliphatic heterocycles. The zero-order valence-corrected chi connectivity index (χ0v) is 25.3. The maximum absolute atomic E-state index is 13.2. The van der Waals surface area contributed by atoms with Crippen molar-refractivity contribution in [2.75, 3.05) is 19.7 Å². The van der Waals surface area contributed by atoms with E-state index in [0.717, 1.165) is 32.1 Å². The molecule has 1 saturated heterocycles. The van der Waals surface area contributed by atoms with Gasteiger partial charge in [-0.2, -0.15) is 0 Å². The van der Waals surface area contributed by atoms with Gasteiger partial charge in [-0.1, -0.05) is 129 Å². The number of nitrogens with one attached hydrogen (secondary N) is 1. The van der Waals surface area contributed by atoms with Gasteiger partial charge >= 0.3 is 6.03 Å². The molecule has 0 spiro atoms. The molecule has 0 unspecified atom stereocenters. The Balaban J connectivity index is 2.44. The fraction of sp³-hybridized carbons (Fsp3) is 0.968. The van der Waals surface area contributed by atoms with Crippen molar-refractivity contribution in [3.8, 4) is 0 Å². The fourth-order valence-electron chi connectivity index (χ4n) is 5.42. The number of unbranched alkanes of at least 4 members (excludes halogenated alkanes) is 18. The Labute approximate surface area is 239 Å². The number of urea groups is 1. The van der Waals surface area contributed by atoms with E-state index in [1.165, 1.54) is 96.3 Å². The summed E-state index contributed by atoms with van der Waals surface area (Å²) in [7, 11) is 0. The highest BCUT2D eigenvalue weighted by Gasteiger charge is 2.45. The number of nitrogens with two attached hydrogens (primary N) is 1. The molecule has 0 aromatic heterocycles. The summed E-state index contributed by atoms with van der Waals surface area (Å²) >= 11 is 0. The second-order valence-corrected chi connectivity index (χ2v) is 11.6. The van der Waals surface area contributed by atoms with Gasteiger partial charge in [-0.25, -0.2) is 4.79 Å². The van der Waals surface area contributed by atoms with Crippen LogP contribution in [0.2, 0.25) is 0 Å². The number of rotatable bonds is 24. The summed E-state index contributed by atoms with van der Waals surface area (Å²) in [6, 6.07) is -1.21. The third-order valence-corrected chi connectivity index (χ3v) is 8.08. The third kappa shape index (κ3) is 15.6. The molecule has 1 heterocycles. The third-order valence-electron chi connectivity index (χ3n) is 8.08. The first-order valence-electron chi connectivity index (χ1n) is 16.4. The summed E-state index contributed by atoms with van der Waals surface area (Å²) in [6.07, 6.45) is 19.9. The molecular formula is C31H63N3O5. The maximum atomic E-state index is 13.2. The van der Waals surface area contributed by atoms with Crippen molar-refractivity contribution < 1.29 is 24.9 Å². The normalized spacial score (nSPS) is 23.2. The molecular weight excluding hydrogens is 494 g/mol. The Morgan fingerprint density at radius 3 is 1.62 bits per heavy atom. The number of aliphatic hydroxyl groups is 3. The topological polar surface area (TPSA) is 128 Å². The number of carbonyl (C=O) groups is 1. The number of ether oxygens (including phenoxy) is 1. The number of nitrogens with zero attached hydrogens (tertiary/aromatic N) is 1. The molecule has 6 N–H and O–H groups in total. The van der Waals surface area contributed by atoms with Gasteiger partial charge < -0.3 is 31.1 Å². The van der Waals surface area contributed by atoms with Crippen LogP contribution >= 0.6 is 0 Å². The molecule has 2 amide bonds. The number of carbonyl (C=O) groups excluding carboxylic acids is 1. The Morgan fingerprint density at radius 1 is 0.718 bits per heavy atom. The van der Waals surface area contributed by atoms with Crippen LogP contribution in [-0.2, 0) is 4.74 Å². The first kappa shape index (κ1) is 36.1. The zero-order valence-electron chi connectivity index (χ0n) is 25.3. The predicted octanol–water partition coefficient (Wildman–Crippen LogP) is 5.61. The van der Waals surface area contributed by atoms with Crippen molar-refractivity contribution in [1.82, 2.24) is 10.2 Å². The lowest BCUT2D eigenvalue weighted by atomic mass is 9.96. The molecule has 39 heavy (non-hydrogen) atoms. The minimum Gasteiger partial charge on any atom is -0.394 e. The average Bonchev–Trinajstić information content (AvgIpc) is 2.94. The van der Waals surface area contributed by atoms with E-state index >= 15 is 0 Å². The van der Waals surface area contributed by atoms with Crippen molar-refractivity contribution in [2.24, 2.45) is 5.73 Å². The van der Waals surface area contributed by atoms with E-state index in [1.54, 1.807) is 4.90 Å². The van der Waals surface area contributed by atoms with E-state index in [0.29, 0.717) is 13.1 Å². The smallest absolute Gasteiger partial charge is 0.319 e. The largest absolute Gasteiger partial charge is 0.394 e. The molecule has 1 fully saturated rings. The summed E-state index contributed by atoms with van der Waals surface area (Å²) in [5.74, 6) is 0. The fourth-order valence-corrected chi connectivity index (χ4v) is 5.42. The Kier molecular flexibility index (Phi) is 22.0. The van der Waals surface area contributed by atoms with Crippen molar-refractivity contribution >= 4 is 6.03 Å². The molecule has 1 rings (SSSR count). The molecule has 0 aromatic rings. The molecule has 8 nitrogen and oxygen atoms in total. The zero-order chi connectivity index (χ0) is 28.7. The summed E-state index contributed by atoms with van der Waals surface area (Å²) < 4.78 is 5.84. The Morgan fingerprint density at radius 2 is 1.15 bits per heavy atom. The summed E-state index contributed by atoms with van der Waals surface area (Å²) in [4.78, 5) is 14.8. The number of hydrogen-bond acceptors (Lipinski definition) is 6. The molecule has 0 aliphatic carbocycles. The Bertz CT molecular complexity index is 580. The van der Waals surface area contributed by atoms with Gasteiger partial charge in [0.05, 0.1) is 12.6 Å². The van der Waals surface area contributed by atoms with Gasteiger partial charge in [0.2, 0.25) is 0 Å². The molecule has 8 heteroatoms. The molecule has 232 valence electrons. The van der Waals surface area contributed by atoms with E-state index in [2.05, 4.69) is 19.2 Å². The van der Waals surface area contributed by atoms with Crippen LogP contribution in [0.5, 0.6) is 0 Å². The SMILES string of the molecule is CCCCCCCCCCCCNC(=O)N(CCCCCCCCCCCC)[C@@H]1O[C@H](CO)[C@H](O)[C@H](O)[C@@H]1N. The van der Waals surface area contributed by atoms with E-state index in [-0.39, 0.29) is 6.03 Å². The van der Waals surface area contributed by atoms with Crippen molar-refractivity contribution in [3.63, 3.8) is 0 Å². The maximum Gasteiger partial charge on any atom is 0.319 e. The molecule has 5 atom stereocenters. The van der Waals surface area contributed by atoms with Gasteiger partial charge in [-0.15, -0.1) is 0 Å². The minimum atomic E-state index is -1.28. The lowest BCUT2D eigenvalue weighted by Crippen LogP contribution is -2.67. The summed E-state index contributed by atoms with van der Waals surface area (Å²) in [5.41, 5.74) is 6.21. The van der Waals surface area contributed by atoms with Crippen LogP contribution in [0.25, 0.3) is 0 Å². The minimum absolute atomic E-state index is 0.262. The van der Waals surface area contributed by atoms with Crippen LogP contribution in [-0.4, -0.2) is 76.5 Å². The molecule has 1 aliphatic rings. The summed E-state index contributed by atoms with van der Waals surface area (Å²) in [6.45, 7) is 5.07. The first-order valence-corrected chi connectivity index (χ1v) is 16.4. The average molecular weight is 558 g/mol. The monoisotopic (exact) mass is 557 g/mol. The van der Waals surface area contributed by atoms with E-state index in [1.807, 2.05) is 0 Å². The van der Waals surface area contributed by atoms with Gasteiger partial charge in [-0.3, -0.25) is 4.90 Å². The van der Waals surface area contributed by atoms with Crippen LogP contribution in [0, 0.1) is 0 Å². The van der Waals surface area contributed by atoms with Crippen LogP contribution in [0.15, 0.2) is 0 Å². The van der Waals surface area contributed by atoms with Crippen LogP contribution < -0.4 is 11.1 Å². The highest BCUT2D eigenvalue weighted by Crippen LogP contribution is 2.23. The lowest BCUT2D eigenvalue weighted by molar-refractivity contribution is -0.218. The van der Waals surface area contributed by atoms with Gasteiger partial charge in [-0.05, 0) is 12.8 Å². The van der Waals surface area contributed by atoms with Gasteiger partial charge in [0, 0.05) is 13.1 Å². The number of hydrogen-bond donors (Lipinski definition) is 5. The van der Waals surface area contributed by atoms with Crippen molar-refractivity contribution in [2.45, 2.75) is 173 Å². The Hall–Kier alpha value is -0.930. The highest BCUT2D eigenvalue weighted by molar-refractivity contribution is 5.74. The van der Waals surface area contributed by atoms with Crippen LogP contribution in [0.3, 0.4) is 0 Å². The van der Waals surface area contributed by atoms with Gasteiger partial charge in [0.1, 0.15) is 18.3 Å². The quantitative estimate of drug-likeness (QED) is 0.0982. The van der Waals surface area contributed by atoms with Crippen LogP contribution in [0.4, 0.5) is 4.79 Å². The van der Waals surface area contributed by atoms with Gasteiger partial charge in [0.25, 0.3) is 0 Å². The number of aliphatic hydroxyl groups excluding tert-OH is 3. The van der Waals surface area contributed by atoms with Crippen molar-refractivity contribution in [3.05, 3.63) is 0 Å². The molecule has 0 bridgehead atoms. The van der Waals surface area contributed by atoms with E-state index in [4.69, 9.17) is 10.5 Å². The predicted molar refractivity (Wildman–Crippen MR) is 160 cm³/mol. The number of amides is 2. The molecule has 0 aromatic carbocycles. The van der Waals surface area contributed by atoms with E-state index < -0.39 is 37.2 Å².